The molecule has 0 radical (unpaired) electrons. The first-order valence-corrected chi connectivity index (χ1v) is 9.76. The fourth-order valence-corrected chi connectivity index (χ4v) is 5.26. The van der Waals surface area contributed by atoms with Crippen LogP contribution in [-0.2, 0) is 21.7 Å². The number of hydrogen-bond donors (Lipinski definition) is 0. The first-order valence-electron chi connectivity index (χ1n) is 6.19. The van der Waals surface area contributed by atoms with Crippen molar-refractivity contribution in [1.29, 1.82) is 0 Å². The summed E-state index contributed by atoms with van der Waals surface area (Å²) in [4.78, 5) is 0. The van der Waals surface area contributed by atoms with Gasteiger partial charge in [-0.3, -0.25) is 0 Å². The molecule has 1 aliphatic carbocycles. The Kier molecular flexibility index (Phi) is 9.81. The monoisotopic (exact) mass is 390 g/mol. The van der Waals surface area contributed by atoms with E-state index in [9.17, 15) is 0 Å². The molecule has 1 unspecified atom stereocenters. The van der Waals surface area contributed by atoms with E-state index < -0.39 is 8.07 Å². The molecule has 5 heteroatoms. The van der Waals surface area contributed by atoms with Crippen LogP contribution in [0.15, 0.2) is 42.5 Å². The fraction of sp³-hybridized carbons (Fsp3) is 0.250. The van der Waals surface area contributed by atoms with E-state index in [0.29, 0.717) is 5.54 Å². The van der Waals surface area contributed by atoms with E-state index in [1.54, 1.807) is 0 Å². The number of rotatable bonds is 1. The van der Waals surface area contributed by atoms with Gasteiger partial charge in [-0.25, -0.2) is 0 Å². The van der Waals surface area contributed by atoms with Gasteiger partial charge in [0.2, 0.25) is 0 Å². The molecule has 21 heavy (non-hydrogen) atoms. The smallest absolute Gasteiger partial charge is 1.00 e. The maximum atomic E-state index is 3.49. The number of fused-ring (bicyclic) bond motifs is 3. The molecule has 0 aliphatic heterocycles. The largest absolute Gasteiger partial charge is 4.00 e. The second-order valence-electron chi connectivity index (χ2n) is 5.88. The molecule has 3 rings (SSSR count). The maximum absolute atomic E-state index is 3.49. The predicted octanol–water partition coefficient (Wildman–Crippen LogP) is -4.51. The molecule has 0 nitrogen and oxygen atoms in total. The van der Waals surface area contributed by atoms with Gasteiger partial charge in [-0.15, -0.1) is 11.1 Å². The van der Waals surface area contributed by atoms with Crippen LogP contribution in [0.25, 0.3) is 11.1 Å². The Morgan fingerprint density at radius 2 is 1.43 bits per heavy atom. The Labute approximate surface area is 162 Å². The van der Waals surface area contributed by atoms with E-state index in [4.69, 9.17) is 0 Å². The molecular formula is C16H17Cl3SiTi. The van der Waals surface area contributed by atoms with Crippen LogP contribution in [0, 0.1) is 6.07 Å². The van der Waals surface area contributed by atoms with Gasteiger partial charge in [0, 0.05) is 0 Å². The quantitative estimate of drug-likeness (QED) is 0.340. The zero-order valence-corrected chi connectivity index (χ0v) is 17.1. The van der Waals surface area contributed by atoms with Crippen LogP contribution in [0.5, 0.6) is 0 Å². The zero-order chi connectivity index (χ0) is 12.0. The summed E-state index contributed by atoms with van der Waals surface area (Å²) in [7, 11) is -1.26. The van der Waals surface area contributed by atoms with Crippen LogP contribution in [0.3, 0.4) is 0 Å². The third kappa shape index (κ3) is 4.16. The molecule has 110 valence electrons. The topological polar surface area (TPSA) is 0 Å². The summed E-state index contributed by atoms with van der Waals surface area (Å²) >= 11 is 0. The van der Waals surface area contributed by atoms with E-state index in [1.807, 2.05) is 0 Å². The van der Waals surface area contributed by atoms with Crippen molar-refractivity contribution in [2.45, 2.75) is 25.2 Å². The second kappa shape index (κ2) is 8.76. The Morgan fingerprint density at radius 1 is 0.857 bits per heavy atom. The van der Waals surface area contributed by atoms with E-state index in [1.165, 1.54) is 22.3 Å². The molecule has 0 spiro atoms. The summed E-state index contributed by atoms with van der Waals surface area (Å²) in [5.41, 5.74) is 6.37. The van der Waals surface area contributed by atoms with Crippen molar-refractivity contribution in [2.75, 3.05) is 0 Å². The number of hydrogen-bond acceptors (Lipinski definition) is 0. The van der Waals surface area contributed by atoms with Crippen LogP contribution in [0.2, 0.25) is 19.6 Å². The molecule has 2 aromatic rings. The molecule has 0 amide bonds. The minimum atomic E-state index is -1.26. The molecule has 0 heterocycles. The molecule has 1 atom stereocenters. The predicted molar refractivity (Wildman–Crippen MR) is 75.9 cm³/mol. The molecule has 0 saturated carbocycles. The van der Waals surface area contributed by atoms with E-state index in [2.05, 4.69) is 68.2 Å². The summed E-state index contributed by atoms with van der Waals surface area (Å²) in [6.07, 6.45) is 0. The van der Waals surface area contributed by atoms with Gasteiger partial charge < -0.3 is 37.2 Å². The Bertz CT molecular complexity index is 536. The molecule has 0 aromatic heterocycles. The molecule has 1 aliphatic rings. The van der Waals surface area contributed by atoms with Crippen molar-refractivity contribution in [1.82, 2.24) is 0 Å². The first kappa shape index (κ1) is 23.5. The molecular weight excluding hydrogens is 374 g/mol. The minimum absolute atomic E-state index is 0. The van der Waals surface area contributed by atoms with Crippen molar-refractivity contribution in [3.05, 3.63) is 59.7 Å². The van der Waals surface area contributed by atoms with Gasteiger partial charge in [-0.2, -0.15) is 24.3 Å². The van der Waals surface area contributed by atoms with E-state index in [-0.39, 0.29) is 58.9 Å². The molecule has 0 N–H and O–H groups in total. The average Bonchev–Trinajstić information content (AvgIpc) is 2.63. The third-order valence-electron chi connectivity index (χ3n) is 3.60. The third-order valence-corrected chi connectivity index (χ3v) is 5.94. The summed E-state index contributed by atoms with van der Waals surface area (Å²) in [5, 5.41) is 0. The molecule has 0 fully saturated rings. The Hall–Kier alpha value is 0.241. The fourth-order valence-electron chi connectivity index (χ4n) is 2.97. The van der Waals surface area contributed by atoms with Gasteiger partial charge in [0.05, 0.1) is 8.07 Å². The second-order valence-corrected chi connectivity index (χ2v) is 11.2. The molecule has 2 aromatic carbocycles. The van der Waals surface area contributed by atoms with Crippen molar-refractivity contribution in [3.8, 4) is 11.1 Å². The van der Waals surface area contributed by atoms with Crippen molar-refractivity contribution in [3.63, 3.8) is 0 Å². The number of benzene rings is 2. The summed E-state index contributed by atoms with van der Waals surface area (Å²) in [6, 6.07) is 18.7. The maximum Gasteiger partial charge on any atom is 4.00 e. The average molecular weight is 392 g/mol. The van der Waals surface area contributed by atoms with Crippen LogP contribution in [0.4, 0.5) is 0 Å². The van der Waals surface area contributed by atoms with Crippen molar-refractivity contribution < 1.29 is 58.9 Å². The van der Waals surface area contributed by atoms with Crippen molar-refractivity contribution in [2.24, 2.45) is 0 Å². The van der Waals surface area contributed by atoms with Gasteiger partial charge in [0.15, 0.2) is 0 Å². The zero-order valence-electron chi connectivity index (χ0n) is 12.3. The van der Waals surface area contributed by atoms with Gasteiger partial charge in [-0.1, -0.05) is 49.5 Å². The van der Waals surface area contributed by atoms with Crippen LogP contribution < -0.4 is 37.2 Å². The molecule has 0 bridgehead atoms. The van der Waals surface area contributed by atoms with Gasteiger partial charge >= 0.3 is 21.7 Å². The van der Waals surface area contributed by atoms with E-state index >= 15 is 0 Å². The SMILES string of the molecule is C[Si](C)(C)C1c2[c-]cccc2-c2ccccc21.[Cl-].[Cl-].[Cl-].[Ti+4]. The molecule has 0 saturated heterocycles. The van der Waals surface area contributed by atoms with E-state index in [0.717, 1.165) is 0 Å². The van der Waals surface area contributed by atoms with Crippen LogP contribution in [-0.4, -0.2) is 8.07 Å². The van der Waals surface area contributed by atoms with Gasteiger partial charge in [-0.05, 0) is 11.1 Å². The normalized spacial score (nSPS) is 14.3. The van der Waals surface area contributed by atoms with Crippen molar-refractivity contribution >= 4 is 8.07 Å². The van der Waals surface area contributed by atoms with Crippen LogP contribution in [0.1, 0.15) is 16.7 Å². The Morgan fingerprint density at radius 3 is 2.05 bits per heavy atom. The Balaban J connectivity index is 0. The first-order chi connectivity index (χ1) is 8.09. The summed E-state index contributed by atoms with van der Waals surface area (Å²) in [6.45, 7) is 7.35. The minimum Gasteiger partial charge on any atom is -1.00 e. The summed E-state index contributed by atoms with van der Waals surface area (Å²) in [5.74, 6) is 0. The number of halogens is 3. The van der Waals surface area contributed by atoms with Gasteiger partial charge in [0.25, 0.3) is 0 Å². The summed E-state index contributed by atoms with van der Waals surface area (Å²) < 4.78 is 0. The standard InChI is InChI=1S/C16H17Si.3ClH.Ti/c1-17(2,3)16-14-10-6-4-8-12(14)13-9-5-7-11-15(13)16;;;;/h4-10,16H,1-3H3;3*1H;/q-1;;;;+4/p-3. The van der Waals surface area contributed by atoms with Crippen LogP contribution >= 0.6 is 0 Å². The van der Waals surface area contributed by atoms with Gasteiger partial charge in [0.1, 0.15) is 0 Å².